The lowest BCUT2D eigenvalue weighted by atomic mass is 9.78. The quantitative estimate of drug-likeness (QED) is 0.505. The van der Waals surface area contributed by atoms with Crippen LogP contribution in [0.4, 0.5) is 0 Å². The van der Waals surface area contributed by atoms with Gasteiger partial charge < -0.3 is 35.0 Å². The third-order valence-electron chi connectivity index (χ3n) is 4.41. The molecule has 0 aliphatic carbocycles. The van der Waals surface area contributed by atoms with E-state index < -0.39 is 36.1 Å². The van der Waals surface area contributed by atoms with Gasteiger partial charge in [-0.15, -0.1) is 0 Å². The van der Waals surface area contributed by atoms with Gasteiger partial charge in [-0.25, -0.2) is 0 Å². The SMILES string of the molecule is CN(C)CC(O)CNC1C(O)C(OC(C)(C)C)C(CO)OC1C(C)(C)C. The molecule has 156 valence electrons. The van der Waals surface area contributed by atoms with Gasteiger partial charge in [-0.3, -0.25) is 0 Å². The Morgan fingerprint density at radius 3 is 2.15 bits per heavy atom. The van der Waals surface area contributed by atoms with E-state index in [9.17, 15) is 15.3 Å². The maximum absolute atomic E-state index is 11.1. The molecule has 0 saturated carbocycles. The molecule has 6 unspecified atom stereocenters. The summed E-state index contributed by atoms with van der Waals surface area (Å²) in [5, 5.41) is 34.3. The Morgan fingerprint density at radius 2 is 1.73 bits per heavy atom. The third-order valence-corrected chi connectivity index (χ3v) is 4.41. The summed E-state index contributed by atoms with van der Waals surface area (Å²) < 4.78 is 12.2. The van der Waals surface area contributed by atoms with Crippen molar-refractivity contribution in [2.75, 3.05) is 33.8 Å². The van der Waals surface area contributed by atoms with Crippen LogP contribution in [0.2, 0.25) is 0 Å². The number of ether oxygens (including phenoxy) is 2. The molecular weight excluding hydrogens is 336 g/mol. The molecule has 0 radical (unpaired) electrons. The summed E-state index contributed by atoms with van der Waals surface area (Å²) in [5.74, 6) is 0. The van der Waals surface area contributed by atoms with Crippen molar-refractivity contribution in [2.24, 2.45) is 5.41 Å². The summed E-state index contributed by atoms with van der Waals surface area (Å²) in [6.07, 6.45) is -3.01. The highest BCUT2D eigenvalue weighted by Crippen LogP contribution is 2.35. The van der Waals surface area contributed by atoms with E-state index in [1.54, 1.807) is 0 Å². The van der Waals surface area contributed by atoms with Gasteiger partial charge in [0.1, 0.15) is 18.3 Å². The Morgan fingerprint density at radius 1 is 1.15 bits per heavy atom. The van der Waals surface area contributed by atoms with Gasteiger partial charge >= 0.3 is 0 Å². The summed E-state index contributed by atoms with van der Waals surface area (Å²) >= 11 is 0. The molecule has 0 aromatic rings. The van der Waals surface area contributed by atoms with Crippen molar-refractivity contribution in [3.05, 3.63) is 0 Å². The van der Waals surface area contributed by atoms with E-state index in [-0.39, 0.29) is 18.1 Å². The van der Waals surface area contributed by atoms with Crippen molar-refractivity contribution in [1.29, 1.82) is 0 Å². The number of likely N-dealkylation sites (N-methyl/N-ethyl adjacent to an activating group) is 1. The number of aliphatic hydroxyl groups is 3. The van der Waals surface area contributed by atoms with Gasteiger partial charge in [0.25, 0.3) is 0 Å². The predicted octanol–water partition coefficient (Wildman–Crippen LogP) is 0.218. The van der Waals surface area contributed by atoms with E-state index in [1.165, 1.54) is 0 Å². The maximum atomic E-state index is 11.1. The predicted molar refractivity (Wildman–Crippen MR) is 102 cm³/mol. The second kappa shape index (κ2) is 9.28. The largest absolute Gasteiger partial charge is 0.394 e. The molecular formula is C19H40N2O5. The summed E-state index contributed by atoms with van der Waals surface area (Å²) in [6, 6.07) is -0.415. The van der Waals surface area contributed by atoms with E-state index in [0.717, 1.165) is 0 Å². The lowest BCUT2D eigenvalue weighted by molar-refractivity contribution is -0.251. The van der Waals surface area contributed by atoms with E-state index in [0.29, 0.717) is 13.1 Å². The second-order valence-corrected chi connectivity index (χ2v) is 9.68. The first kappa shape index (κ1) is 23.8. The van der Waals surface area contributed by atoms with Gasteiger partial charge in [0.2, 0.25) is 0 Å². The molecule has 0 aromatic heterocycles. The minimum absolute atomic E-state index is 0.222. The standard InChI is InChI=1S/C19H40N2O5/c1-18(2,3)17-14(20-9-12(23)10-21(7)8)15(24)16(13(11-22)25-17)26-19(4,5)6/h12-17,20,22-24H,9-11H2,1-8H3. The maximum Gasteiger partial charge on any atom is 0.114 e. The van der Waals surface area contributed by atoms with Crippen molar-refractivity contribution < 1.29 is 24.8 Å². The minimum atomic E-state index is -0.865. The molecule has 6 atom stereocenters. The molecule has 0 bridgehead atoms. The Balaban J connectivity index is 2.98. The van der Waals surface area contributed by atoms with Gasteiger partial charge in [-0.1, -0.05) is 20.8 Å². The summed E-state index contributed by atoms with van der Waals surface area (Å²) in [4.78, 5) is 1.91. The van der Waals surface area contributed by atoms with Crippen LogP contribution in [0.5, 0.6) is 0 Å². The van der Waals surface area contributed by atoms with Crippen molar-refractivity contribution >= 4 is 0 Å². The van der Waals surface area contributed by atoms with E-state index in [4.69, 9.17) is 9.47 Å². The number of aliphatic hydroxyl groups excluding tert-OH is 3. The molecule has 1 aliphatic rings. The Kier molecular flexibility index (Phi) is 8.48. The molecule has 0 aromatic carbocycles. The molecule has 1 saturated heterocycles. The second-order valence-electron chi connectivity index (χ2n) is 9.68. The normalized spacial score (nSPS) is 32.1. The molecule has 1 heterocycles. The zero-order valence-corrected chi connectivity index (χ0v) is 17.7. The van der Waals surface area contributed by atoms with Crippen molar-refractivity contribution in [1.82, 2.24) is 10.2 Å². The third kappa shape index (κ3) is 7.03. The minimum Gasteiger partial charge on any atom is -0.394 e. The fraction of sp³-hybridized carbons (Fsp3) is 1.00. The highest BCUT2D eigenvalue weighted by molar-refractivity contribution is 5.01. The molecule has 4 N–H and O–H groups in total. The van der Waals surface area contributed by atoms with Crippen LogP contribution in [0.25, 0.3) is 0 Å². The van der Waals surface area contributed by atoms with Crippen LogP contribution < -0.4 is 5.32 Å². The van der Waals surface area contributed by atoms with Crippen LogP contribution in [0, 0.1) is 5.41 Å². The number of hydrogen-bond donors (Lipinski definition) is 4. The average Bonchev–Trinajstić information content (AvgIpc) is 2.44. The molecule has 0 spiro atoms. The van der Waals surface area contributed by atoms with Crippen molar-refractivity contribution in [2.45, 2.75) is 83.7 Å². The lowest BCUT2D eigenvalue weighted by Crippen LogP contribution is -2.68. The molecule has 1 fully saturated rings. The number of nitrogens with zero attached hydrogens (tertiary/aromatic N) is 1. The van der Waals surface area contributed by atoms with Gasteiger partial charge in [0.15, 0.2) is 0 Å². The first-order valence-electron chi connectivity index (χ1n) is 9.44. The molecule has 7 nitrogen and oxygen atoms in total. The van der Waals surface area contributed by atoms with Gasteiger partial charge in [0, 0.05) is 13.1 Å². The van der Waals surface area contributed by atoms with Crippen molar-refractivity contribution in [3.63, 3.8) is 0 Å². The van der Waals surface area contributed by atoms with Crippen LogP contribution in [0.3, 0.4) is 0 Å². The van der Waals surface area contributed by atoms with Crippen LogP contribution in [-0.2, 0) is 9.47 Å². The first-order valence-corrected chi connectivity index (χ1v) is 9.44. The van der Waals surface area contributed by atoms with Crippen LogP contribution in [0.1, 0.15) is 41.5 Å². The first-order chi connectivity index (χ1) is 11.8. The smallest absolute Gasteiger partial charge is 0.114 e. The topological polar surface area (TPSA) is 94.4 Å². The number of nitrogens with one attached hydrogen (secondary N) is 1. The molecule has 7 heteroatoms. The molecule has 1 aliphatic heterocycles. The number of rotatable bonds is 7. The molecule has 26 heavy (non-hydrogen) atoms. The fourth-order valence-corrected chi connectivity index (χ4v) is 3.38. The number of hydrogen-bond acceptors (Lipinski definition) is 7. The highest BCUT2D eigenvalue weighted by atomic mass is 16.6. The average molecular weight is 377 g/mol. The monoisotopic (exact) mass is 376 g/mol. The Labute approximate surface area is 158 Å². The van der Waals surface area contributed by atoms with Crippen LogP contribution >= 0.6 is 0 Å². The molecule has 0 amide bonds. The van der Waals surface area contributed by atoms with Gasteiger partial charge in [0.05, 0.1) is 30.5 Å². The highest BCUT2D eigenvalue weighted by Gasteiger charge is 2.50. The van der Waals surface area contributed by atoms with Crippen LogP contribution in [-0.4, -0.2) is 96.2 Å². The molecule has 1 rings (SSSR count). The van der Waals surface area contributed by atoms with Crippen molar-refractivity contribution in [3.8, 4) is 0 Å². The Hall–Kier alpha value is -0.280. The fourth-order valence-electron chi connectivity index (χ4n) is 3.38. The van der Waals surface area contributed by atoms with E-state index in [1.807, 2.05) is 60.5 Å². The van der Waals surface area contributed by atoms with Gasteiger partial charge in [-0.05, 0) is 40.3 Å². The summed E-state index contributed by atoms with van der Waals surface area (Å²) in [5.41, 5.74) is -0.739. The van der Waals surface area contributed by atoms with Crippen LogP contribution in [0.15, 0.2) is 0 Å². The zero-order valence-electron chi connectivity index (χ0n) is 17.7. The lowest BCUT2D eigenvalue weighted by Gasteiger charge is -2.50. The van der Waals surface area contributed by atoms with E-state index in [2.05, 4.69) is 5.32 Å². The summed E-state index contributed by atoms with van der Waals surface area (Å²) in [6.45, 7) is 12.5. The van der Waals surface area contributed by atoms with E-state index >= 15 is 0 Å². The summed E-state index contributed by atoms with van der Waals surface area (Å²) in [7, 11) is 3.80. The zero-order chi connectivity index (χ0) is 20.3. The Bertz CT molecular complexity index is 419. The van der Waals surface area contributed by atoms with Gasteiger partial charge in [-0.2, -0.15) is 0 Å².